The number of fused-ring (bicyclic) bond motifs is 1. The lowest BCUT2D eigenvalue weighted by molar-refractivity contribution is 0.306. The lowest BCUT2D eigenvalue weighted by Gasteiger charge is -2.11. The number of benzene rings is 3. The second-order valence-electron chi connectivity index (χ2n) is 8.77. The summed E-state index contributed by atoms with van der Waals surface area (Å²) in [6.07, 6.45) is 1.54. The lowest BCUT2D eigenvalue weighted by atomic mass is 10.2. The van der Waals surface area contributed by atoms with E-state index in [1.807, 2.05) is 44.2 Å². The van der Waals surface area contributed by atoms with E-state index in [0.717, 1.165) is 38.6 Å². The van der Waals surface area contributed by atoms with Crippen molar-refractivity contribution in [1.29, 1.82) is 0 Å². The fourth-order valence-electron chi connectivity index (χ4n) is 4.24. The maximum atomic E-state index is 12.8. The van der Waals surface area contributed by atoms with Gasteiger partial charge in [-0.1, -0.05) is 42.0 Å². The summed E-state index contributed by atoms with van der Waals surface area (Å²) in [5.41, 5.74) is 5.53. The molecule has 0 saturated heterocycles. The summed E-state index contributed by atoms with van der Waals surface area (Å²) in [6, 6.07) is 25.0. The molecule has 1 N–H and O–H groups in total. The van der Waals surface area contributed by atoms with E-state index in [-0.39, 0.29) is 0 Å². The van der Waals surface area contributed by atoms with Gasteiger partial charge in [-0.05, 0) is 68.8 Å². The molecular formula is C29H26N4O3. The first-order chi connectivity index (χ1) is 17.4. The van der Waals surface area contributed by atoms with Gasteiger partial charge in [0.1, 0.15) is 12.4 Å². The first kappa shape index (κ1) is 23.1. The van der Waals surface area contributed by atoms with Crippen LogP contribution in [-0.4, -0.2) is 20.4 Å². The molecule has 3 aromatic carbocycles. The van der Waals surface area contributed by atoms with Crippen LogP contribution >= 0.6 is 0 Å². The highest BCUT2D eigenvalue weighted by atomic mass is 16.5. The number of rotatable bonds is 6. The van der Waals surface area contributed by atoms with Crippen molar-refractivity contribution >= 4 is 17.1 Å². The van der Waals surface area contributed by atoms with Crippen LogP contribution in [0, 0.1) is 20.8 Å². The third-order valence-corrected chi connectivity index (χ3v) is 6.19. The van der Waals surface area contributed by atoms with Gasteiger partial charge in [-0.3, -0.25) is 4.79 Å². The number of ether oxygens (including phenoxy) is 1. The number of hydrogen-bond acceptors (Lipinski definition) is 4. The minimum Gasteiger partial charge on any atom is -0.489 e. The molecule has 0 unspecified atom stereocenters. The van der Waals surface area contributed by atoms with Gasteiger partial charge in [-0.15, -0.1) is 4.68 Å². The zero-order valence-corrected chi connectivity index (χ0v) is 20.4. The second kappa shape index (κ2) is 9.54. The Labute approximate surface area is 207 Å². The van der Waals surface area contributed by atoms with Crippen LogP contribution in [-0.2, 0) is 6.61 Å². The van der Waals surface area contributed by atoms with E-state index in [0.29, 0.717) is 17.5 Å². The van der Waals surface area contributed by atoms with Crippen molar-refractivity contribution in [3.05, 3.63) is 128 Å². The number of para-hydroxylation sites is 1. The molecule has 0 fully saturated rings. The summed E-state index contributed by atoms with van der Waals surface area (Å²) in [7, 11) is 0. The Morgan fingerprint density at radius 2 is 1.64 bits per heavy atom. The molecule has 2 aromatic heterocycles. The molecule has 0 atom stereocenters. The minimum atomic E-state index is -0.579. The van der Waals surface area contributed by atoms with Crippen LogP contribution in [0.1, 0.15) is 28.1 Å². The van der Waals surface area contributed by atoms with Crippen LogP contribution in [0.4, 0.5) is 0 Å². The molecule has 2 heterocycles. The highest BCUT2D eigenvalue weighted by Crippen LogP contribution is 2.22. The maximum absolute atomic E-state index is 12.8. The molecule has 0 amide bonds. The van der Waals surface area contributed by atoms with Crippen molar-refractivity contribution in [2.24, 2.45) is 5.10 Å². The molecular weight excluding hydrogens is 452 g/mol. The molecule has 0 bridgehead atoms. The molecule has 0 aliphatic heterocycles. The molecule has 5 aromatic rings. The standard InChI is InChI=1S/C29H26N4O3/c1-19-8-10-22(11-9-19)18-36-25-14-12-24(13-15-25)32-20(2)16-23(21(32)3)17-30-33-28(34)26-6-4-5-7-27(26)31-29(33)35/h4-17H,18H2,1-3H3,(H,31,35). The van der Waals surface area contributed by atoms with Crippen molar-refractivity contribution in [2.75, 3.05) is 0 Å². The van der Waals surface area contributed by atoms with Gasteiger partial charge >= 0.3 is 5.69 Å². The Bertz CT molecular complexity index is 1690. The Balaban J connectivity index is 1.38. The fourth-order valence-corrected chi connectivity index (χ4v) is 4.24. The van der Waals surface area contributed by atoms with Gasteiger partial charge in [0, 0.05) is 22.6 Å². The molecule has 0 spiro atoms. The van der Waals surface area contributed by atoms with Crippen LogP contribution in [0.5, 0.6) is 5.75 Å². The average molecular weight is 479 g/mol. The predicted octanol–water partition coefficient (Wildman–Crippen LogP) is 4.87. The van der Waals surface area contributed by atoms with Crippen molar-refractivity contribution in [2.45, 2.75) is 27.4 Å². The second-order valence-corrected chi connectivity index (χ2v) is 8.77. The quantitative estimate of drug-likeness (QED) is 0.354. The van der Waals surface area contributed by atoms with Crippen molar-refractivity contribution in [3.8, 4) is 11.4 Å². The third-order valence-electron chi connectivity index (χ3n) is 6.19. The van der Waals surface area contributed by atoms with Crippen molar-refractivity contribution in [1.82, 2.24) is 14.2 Å². The number of aryl methyl sites for hydroxylation is 2. The third kappa shape index (κ3) is 4.51. The van der Waals surface area contributed by atoms with Gasteiger partial charge in [-0.2, -0.15) is 5.10 Å². The molecule has 7 heteroatoms. The van der Waals surface area contributed by atoms with Crippen LogP contribution in [0.2, 0.25) is 0 Å². The Kier molecular flexibility index (Phi) is 6.12. The summed E-state index contributed by atoms with van der Waals surface area (Å²) in [5, 5.41) is 4.62. The van der Waals surface area contributed by atoms with Crippen molar-refractivity contribution < 1.29 is 4.74 Å². The summed E-state index contributed by atoms with van der Waals surface area (Å²) < 4.78 is 8.89. The van der Waals surface area contributed by atoms with Crippen LogP contribution in [0.25, 0.3) is 16.6 Å². The number of aromatic nitrogens is 3. The van der Waals surface area contributed by atoms with Gasteiger partial charge in [0.05, 0.1) is 17.1 Å². The average Bonchev–Trinajstić information content (AvgIpc) is 3.16. The van der Waals surface area contributed by atoms with Crippen molar-refractivity contribution in [3.63, 3.8) is 0 Å². The number of aromatic amines is 1. The lowest BCUT2D eigenvalue weighted by Crippen LogP contribution is -2.32. The number of hydrogen-bond donors (Lipinski definition) is 1. The van der Waals surface area contributed by atoms with Crippen LogP contribution in [0.3, 0.4) is 0 Å². The SMILES string of the molecule is Cc1ccc(COc2ccc(-n3c(C)cc(C=Nn4c(=O)[nH]c5ccccc5c4=O)c3C)cc2)cc1. The Hall–Kier alpha value is -4.65. The predicted molar refractivity (Wildman–Crippen MR) is 143 cm³/mol. The topological polar surface area (TPSA) is 81.4 Å². The van der Waals surface area contributed by atoms with E-state index in [9.17, 15) is 9.59 Å². The van der Waals surface area contributed by atoms with E-state index in [4.69, 9.17) is 4.74 Å². The van der Waals surface area contributed by atoms with Crippen LogP contribution < -0.4 is 16.0 Å². The largest absolute Gasteiger partial charge is 0.489 e. The molecule has 180 valence electrons. The normalized spacial score (nSPS) is 11.4. The number of nitrogens with one attached hydrogen (secondary N) is 1. The summed E-state index contributed by atoms with van der Waals surface area (Å²) in [4.78, 5) is 27.9. The first-order valence-electron chi connectivity index (χ1n) is 11.7. The number of nitrogens with zero attached hydrogens (tertiary/aromatic N) is 3. The van der Waals surface area contributed by atoms with Crippen LogP contribution in [0.15, 0.2) is 93.6 Å². The van der Waals surface area contributed by atoms with E-state index < -0.39 is 11.2 Å². The van der Waals surface area contributed by atoms with E-state index >= 15 is 0 Å². The van der Waals surface area contributed by atoms with Gasteiger partial charge in [0.2, 0.25) is 0 Å². The van der Waals surface area contributed by atoms with E-state index in [2.05, 4.69) is 45.8 Å². The van der Waals surface area contributed by atoms with Gasteiger partial charge in [0.25, 0.3) is 5.56 Å². The summed E-state index contributed by atoms with van der Waals surface area (Å²) in [5.74, 6) is 0.790. The number of H-pyrrole nitrogens is 1. The monoisotopic (exact) mass is 478 g/mol. The molecule has 36 heavy (non-hydrogen) atoms. The van der Waals surface area contributed by atoms with E-state index in [1.165, 1.54) is 5.56 Å². The maximum Gasteiger partial charge on any atom is 0.349 e. The molecule has 0 radical (unpaired) electrons. The van der Waals surface area contributed by atoms with Gasteiger partial charge < -0.3 is 14.3 Å². The first-order valence-corrected chi connectivity index (χ1v) is 11.7. The summed E-state index contributed by atoms with van der Waals surface area (Å²) >= 11 is 0. The molecule has 0 saturated carbocycles. The smallest absolute Gasteiger partial charge is 0.349 e. The summed E-state index contributed by atoms with van der Waals surface area (Å²) in [6.45, 7) is 6.55. The Morgan fingerprint density at radius 1 is 0.917 bits per heavy atom. The van der Waals surface area contributed by atoms with E-state index in [1.54, 1.807) is 30.5 Å². The molecule has 5 rings (SSSR count). The van der Waals surface area contributed by atoms with Gasteiger partial charge in [0.15, 0.2) is 0 Å². The molecule has 7 nitrogen and oxygen atoms in total. The minimum absolute atomic E-state index is 0.407. The highest BCUT2D eigenvalue weighted by molar-refractivity contribution is 5.82. The van der Waals surface area contributed by atoms with Gasteiger partial charge in [-0.25, -0.2) is 4.79 Å². The Morgan fingerprint density at radius 3 is 2.39 bits per heavy atom. The highest BCUT2D eigenvalue weighted by Gasteiger charge is 2.11. The molecule has 0 aliphatic carbocycles. The zero-order chi connectivity index (χ0) is 25.2. The molecule has 0 aliphatic rings. The zero-order valence-electron chi connectivity index (χ0n) is 20.4. The fraction of sp³-hybridized carbons (Fsp3) is 0.138.